The van der Waals surface area contributed by atoms with Crippen molar-refractivity contribution in [3.05, 3.63) is 35.4 Å². The van der Waals surface area contributed by atoms with Gasteiger partial charge in [0.25, 0.3) is 5.91 Å². The Kier molecular flexibility index (Phi) is 3.96. The first-order valence-electron chi connectivity index (χ1n) is 5.85. The third kappa shape index (κ3) is 2.69. The standard InChI is InChI=1S/C13H17NO4/c1-18-8-9-3-2-4-10(5-9)13(17)14-6-11(15)12(16)7-14/h2-5,11-12,15-16H,6-8H2,1H3/t11-,12+. The molecule has 0 aromatic heterocycles. The fraction of sp³-hybridized carbons (Fsp3) is 0.462. The van der Waals surface area contributed by atoms with Gasteiger partial charge in [-0.25, -0.2) is 0 Å². The van der Waals surface area contributed by atoms with Crippen LogP contribution in [0.25, 0.3) is 0 Å². The van der Waals surface area contributed by atoms with Gasteiger partial charge in [-0.3, -0.25) is 4.79 Å². The molecule has 1 aliphatic rings. The van der Waals surface area contributed by atoms with Crippen LogP contribution in [0.1, 0.15) is 15.9 Å². The predicted molar refractivity (Wildman–Crippen MR) is 65.1 cm³/mol. The molecule has 2 N–H and O–H groups in total. The summed E-state index contributed by atoms with van der Waals surface area (Å²) in [5.41, 5.74) is 1.47. The zero-order valence-electron chi connectivity index (χ0n) is 10.2. The lowest BCUT2D eigenvalue weighted by molar-refractivity contribution is 0.0572. The largest absolute Gasteiger partial charge is 0.388 e. The van der Waals surface area contributed by atoms with Crippen LogP contribution in [-0.4, -0.2) is 53.4 Å². The van der Waals surface area contributed by atoms with Crippen molar-refractivity contribution in [2.45, 2.75) is 18.8 Å². The minimum atomic E-state index is -0.851. The van der Waals surface area contributed by atoms with Crippen LogP contribution < -0.4 is 0 Å². The average molecular weight is 251 g/mol. The summed E-state index contributed by atoms with van der Waals surface area (Å²) in [6.07, 6.45) is -1.70. The molecule has 0 unspecified atom stereocenters. The Hall–Kier alpha value is -1.43. The van der Waals surface area contributed by atoms with Crippen molar-refractivity contribution in [2.24, 2.45) is 0 Å². The van der Waals surface area contributed by atoms with E-state index < -0.39 is 12.2 Å². The number of rotatable bonds is 3. The molecule has 1 aromatic carbocycles. The molecule has 1 aliphatic heterocycles. The highest BCUT2D eigenvalue weighted by atomic mass is 16.5. The van der Waals surface area contributed by atoms with Crippen molar-refractivity contribution in [1.29, 1.82) is 0 Å². The van der Waals surface area contributed by atoms with Crippen LogP contribution in [0, 0.1) is 0 Å². The van der Waals surface area contributed by atoms with E-state index in [1.54, 1.807) is 25.3 Å². The Morgan fingerprint density at radius 2 is 2.06 bits per heavy atom. The maximum atomic E-state index is 12.2. The van der Waals surface area contributed by atoms with Crippen molar-refractivity contribution in [3.8, 4) is 0 Å². The molecule has 0 bridgehead atoms. The molecule has 5 nitrogen and oxygen atoms in total. The van der Waals surface area contributed by atoms with Gasteiger partial charge in [0.05, 0.1) is 18.8 Å². The summed E-state index contributed by atoms with van der Waals surface area (Å²) in [4.78, 5) is 13.6. The number of carbonyl (C=O) groups excluding carboxylic acids is 1. The summed E-state index contributed by atoms with van der Waals surface area (Å²) in [5, 5.41) is 18.9. The number of ether oxygens (including phenoxy) is 1. The number of likely N-dealkylation sites (tertiary alicyclic amines) is 1. The molecule has 1 saturated heterocycles. The molecule has 1 heterocycles. The van der Waals surface area contributed by atoms with E-state index in [0.29, 0.717) is 12.2 Å². The van der Waals surface area contributed by atoms with Gasteiger partial charge in [-0.15, -0.1) is 0 Å². The normalized spacial score (nSPS) is 23.4. The van der Waals surface area contributed by atoms with Crippen molar-refractivity contribution in [3.63, 3.8) is 0 Å². The third-order valence-corrected chi connectivity index (χ3v) is 3.03. The highest BCUT2D eigenvalue weighted by Crippen LogP contribution is 2.15. The number of benzene rings is 1. The van der Waals surface area contributed by atoms with E-state index in [2.05, 4.69) is 0 Å². The first-order chi connectivity index (χ1) is 8.61. The fourth-order valence-electron chi connectivity index (χ4n) is 2.08. The topological polar surface area (TPSA) is 70.0 Å². The van der Waals surface area contributed by atoms with E-state index >= 15 is 0 Å². The maximum absolute atomic E-state index is 12.2. The Labute approximate surface area is 106 Å². The highest BCUT2D eigenvalue weighted by molar-refractivity contribution is 5.94. The molecule has 1 aromatic rings. The number of methoxy groups -OCH3 is 1. The van der Waals surface area contributed by atoms with Crippen LogP contribution in [-0.2, 0) is 11.3 Å². The minimum Gasteiger partial charge on any atom is -0.388 e. The number of aliphatic hydroxyl groups is 2. The van der Waals surface area contributed by atoms with Gasteiger partial charge >= 0.3 is 0 Å². The molecule has 1 fully saturated rings. The molecule has 18 heavy (non-hydrogen) atoms. The van der Waals surface area contributed by atoms with Gasteiger partial charge in [-0.05, 0) is 17.7 Å². The van der Waals surface area contributed by atoms with Crippen molar-refractivity contribution in [1.82, 2.24) is 4.90 Å². The summed E-state index contributed by atoms with van der Waals surface area (Å²) < 4.78 is 5.02. The number of β-amino-alcohol motifs (C(OH)–C–C–N with tert-alkyl or cyclic N) is 2. The summed E-state index contributed by atoms with van der Waals surface area (Å²) in [7, 11) is 1.60. The van der Waals surface area contributed by atoms with Crippen molar-refractivity contribution >= 4 is 5.91 Å². The molecule has 1 amide bonds. The average Bonchev–Trinajstić information content (AvgIpc) is 2.69. The van der Waals surface area contributed by atoms with Crippen LogP contribution in [0.5, 0.6) is 0 Å². The van der Waals surface area contributed by atoms with Crippen LogP contribution in [0.2, 0.25) is 0 Å². The molecule has 2 rings (SSSR count). The van der Waals surface area contributed by atoms with Crippen molar-refractivity contribution in [2.75, 3.05) is 20.2 Å². The van der Waals surface area contributed by atoms with Crippen LogP contribution in [0.3, 0.4) is 0 Å². The van der Waals surface area contributed by atoms with Gasteiger partial charge in [0.2, 0.25) is 0 Å². The van der Waals surface area contributed by atoms with Gasteiger partial charge in [-0.1, -0.05) is 12.1 Å². The Bertz CT molecular complexity index is 425. The zero-order valence-corrected chi connectivity index (χ0v) is 10.2. The van der Waals surface area contributed by atoms with E-state index in [0.717, 1.165) is 5.56 Å². The number of hydrogen-bond donors (Lipinski definition) is 2. The second-order valence-corrected chi connectivity index (χ2v) is 4.48. The van der Waals surface area contributed by atoms with Gasteiger partial charge in [0.1, 0.15) is 0 Å². The Morgan fingerprint density at radius 1 is 1.39 bits per heavy atom. The van der Waals surface area contributed by atoms with Gasteiger partial charge in [-0.2, -0.15) is 0 Å². The molecule has 0 aliphatic carbocycles. The molecule has 5 heteroatoms. The number of amides is 1. The Balaban J connectivity index is 2.11. The zero-order chi connectivity index (χ0) is 13.1. The predicted octanol–water partition coefficient (Wildman–Crippen LogP) is 0.0106. The van der Waals surface area contributed by atoms with Gasteiger partial charge in [0, 0.05) is 25.8 Å². The van der Waals surface area contributed by atoms with E-state index in [9.17, 15) is 15.0 Å². The lowest BCUT2D eigenvalue weighted by Gasteiger charge is -2.15. The smallest absolute Gasteiger partial charge is 0.254 e. The molecule has 0 saturated carbocycles. The monoisotopic (exact) mass is 251 g/mol. The van der Waals surface area contributed by atoms with Crippen LogP contribution >= 0.6 is 0 Å². The highest BCUT2D eigenvalue weighted by Gasteiger charge is 2.32. The van der Waals surface area contributed by atoms with E-state index in [1.807, 2.05) is 6.07 Å². The summed E-state index contributed by atoms with van der Waals surface area (Å²) in [6, 6.07) is 7.17. The molecule has 0 spiro atoms. The van der Waals surface area contributed by atoms with E-state index in [1.165, 1.54) is 4.90 Å². The fourth-order valence-corrected chi connectivity index (χ4v) is 2.08. The number of nitrogens with zero attached hydrogens (tertiary/aromatic N) is 1. The number of carbonyl (C=O) groups is 1. The van der Waals surface area contributed by atoms with E-state index in [4.69, 9.17) is 4.74 Å². The Morgan fingerprint density at radius 3 is 2.67 bits per heavy atom. The minimum absolute atomic E-state index is 0.175. The summed E-state index contributed by atoms with van der Waals surface area (Å²) in [6.45, 7) is 0.801. The maximum Gasteiger partial charge on any atom is 0.254 e. The SMILES string of the molecule is COCc1cccc(C(=O)N2C[C@@H](O)[C@@H](O)C2)c1. The summed E-state index contributed by atoms with van der Waals surface area (Å²) in [5.74, 6) is -0.177. The molecular formula is C13H17NO4. The summed E-state index contributed by atoms with van der Waals surface area (Å²) >= 11 is 0. The first kappa shape index (κ1) is 13.0. The third-order valence-electron chi connectivity index (χ3n) is 3.03. The van der Waals surface area contributed by atoms with Gasteiger partial charge in [0.15, 0.2) is 0 Å². The van der Waals surface area contributed by atoms with Crippen molar-refractivity contribution < 1.29 is 19.7 Å². The van der Waals surface area contributed by atoms with E-state index in [-0.39, 0.29) is 19.0 Å². The quantitative estimate of drug-likeness (QED) is 0.794. The van der Waals surface area contributed by atoms with Crippen LogP contribution in [0.15, 0.2) is 24.3 Å². The second-order valence-electron chi connectivity index (χ2n) is 4.48. The lowest BCUT2D eigenvalue weighted by atomic mass is 10.1. The molecular weight excluding hydrogens is 234 g/mol. The molecule has 2 atom stereocenters. The number of aliphatic hydroxyl groups excluding tert-OH is 2. The first-order valence-corrected chi connectivity index (χ1v) is 5.85. The van der Waals surface area contributed by atoms with Crippen LogP contribution in [0.4, 0.5) is 0 Å². The lowest BCUT2D eigenvalue weighted by Crippen LogP contribution is -2.29. The molecule has 0 radical (unpaired) electrons. The van der Waals surface area contributed by atoms with Gasteiger partial charge < -0.3 is 19.8 Å². The number of hydrogen-bond acceptors (Lipinski definition) is 4. The molecule has 98 valence electrons. The second kappa shape index (κ2) is 5.48.